The quantitative estimate of drug-likeness (QED) is 0.621. The third-order valence-electron chi connectivity index (χ3n) is 2.76. The first-order chi connectivity index (χ1) is 6.59. The predicted octanol–water partition coefficient (Wildman–Crippen LogP) is 0.546. The summed E-state index contributed by atoms with van der Waals surface area (Å²) >= 11 is 0. The summed E-state index contributed by atoms with van der Waals surface area (Å²) in [6, 6.07) is -0.509. The summed E-state index contributed by atoms with van der Waals surface area (Å²) in [4.78, 5) is 21.1. The monoisotopic (exact) mass is 200 g/mol. The van der Waals surface area contributed by atoms with Crippen LogP contribution < -0.4 is 11.1 Å². The minimum atomic E-state index is -0.702. The van der Waals surface area contributed by atoms with Crippen LogP contribution in [0.15, 0.2) is 0 Å². The van der Waals surface area contributed by atoms with Gasteiger partial charge in [0, 0.05) is 6.54 Å². The molecular formula is C9H16N2O3. The van der Waals surface area contributed by atoms with Crippen molar-refractivity contribution >= 4 is 12.0 Å². The average molecular weight is 200 g/mol. The van der Waals surface area contributed by atoms with Crippen molar-refractivity contribution < 1.29 is 14.7 Å². The van der Waals surface area contributed by atoms with E-state index in [1.807, 2.05) is 0 Å². The number of carbonyl (C=O) groups excluding carboxylic acids is 1. The Balaban J connectivity index is 2.22. The van der Waals surface area contributed by atoms with Crippen molar-refractivity contribution in [2.75, 3.05) is 6.54 Å². The van der Waals surface area contributed by atoms with E-state index in [-0.39, 0.29) is 5.92 Å². The largest absolute Gasteiger partial charge is 0.481 e. The van der Waals surface area contributed by atoms with Gasteiger partial charge >= 0.3 is 12.0 Å². The number of nitrogens with two attached hydrogens (primary N) is 1. The van der Waals surface area contributed by atoms with Crippen LogP contribution in [-0.2, 0) is 4.79 Å². The molecule has 1 fully saturated rings. The number of hydrogen-bond acceptors (Lipinski definition) is 2. The fourth-order valence-electron chi connectivity index (χ4n) is 1.86. The van der Waals surface area contributed by atoms with Crippen LogP contribution in [0.25, 0.3) is 0 Å². The number of rotatable bonds is 3. The summed E-state index contributed by atoms with van der Waals surface area (Å²) in [6.07, 6.45) is 3.13. The molecule has 0 bridgehead atoms. The highest BCUT2D eigenvalue weighted by molar-refractivity contribution is 5.71. The van der Waals surface area contributed by atoms with E-state index in [2.05, 4.69) is 5.32 Å². The number of aliphatic carboxylic acids is 1. The summed E-state index contributed by atoms with van der Waals surface area (Å²) < 4.78 is 0. The Hall–Kier alpha value is -1.26. The Labute approximate surface area is 82.7 Å². The van der Waals surface area contributed by atoms with Crippen molar-refractivity contribution in [1.29, 1.82) is 0 Å². The van der Waals surface area contributed by atoms with E-state index in [9.17, 15) is 9.59 Å². The third kappa shape index (κ3) is 3.24. The first kappa shape index (κ1) is 10.8. The minimum absolute atomic E-state index is 0.195. The smallest absolute Gasteiger partial charge is 0.312 e. The molecule has 5 heteroatoms. The predicted molar refractivity (Wildman–Crippen MR) is 50.7 cm³/mol. The number of amides is 2. The SMILES string of the molecule is NC(=O)NC[C@H]1CC[C@H](C(=O)O)CC1. The fourth-order valence-corrected chi connectivity index (χ4v) is 1.86. The number of nitrogens with one attached hydrogen (secondary N) is 1. The van der Waals surface area contributed by atoms with Gasteiger partial charge in [0.05, 0.1) is 5.92 Å². The fraction of sp³-hybridized carbons (Fsp3) is 0.778. The first-order valence-corrected chi connectivity index (χ1v) is 4.85. The van der Waals surface area contributed by atoms with Gasteiger partial charge in [0.15, 0.2) is 0 Å². The lowest BCUT2D eigenvalue weighted by Crippen LogP contribution is -2.35. The van der Waals surface area contributed by atoms with Gasteiger partial charge in [0.1, 0.15) is 0 Å². The number of carboxylic acid groups (broad SMARTS) is 1. The van der Waals surface area contributed by atoms with Gasteiger partial charge in [-0.05, 0) is 31.6 Å². The molecule has 0 aromatic carbocycles. The minimum Gasteiger partial charge on any atom is -0.481 e. The van der Waals surface area contributed by atoms with Crippen molar-refractivity contribution in [3.8, 4) is 0 Å². The van der Waals surface area contributed by atoms with Crippen LogP contribution in [0.3, 0.4) is 0 Å². The van der Waals surface area contributed by atoms with Crippen molar-refractivity contribution in [3.63, 3.8) is 0 Å². The molecule has 5 nitrogen and oxygen atoms in total. The first-order valence-electron chi connectivity index (χ1n) is 4.85. The molecule has 0 unspecified atom stereocenters. The van der Waals surface area contributed by atoms with Crippen molar-refractivity contribution in [2.24, 2.45) is 17.6 Å². The molecule has 0 radical (unpaired) electrons. The third-order valence-corrected chi connectivity index (χ3v) is 2.76. The maximum atomic E-state index is 10.6. The molecule has 0 atom stereocenters. The highest BCUT2D eigenvalue weighted by Gasteiger charge is 2.25. The molecule has 0 spiro atoms. The molecule has 1 aliphatic carbocycles. The molecule has 0 aromatic heterocycles. The highest BCUT2D eigenvalue weighted by Crippen LogP contribution is 2.28. The lowest BCUT2D eigenvalue weighted by atomic mass is 9.82. The van der Waals surface area contributed by atoms with Gasteiger partial charge in [-0.2, -0.15) is 0 Å². The molecule has 2 amide bonds. The molecule has 1 rings (SSSR count). The number of urea groups is 1. The molecule has 0 heterocycles. The molecule has 1 saturated carbocycles. The summed E-state index contributed by atoms with van der Waals surface area (Å²) in [7, 11) is 0. The van der Waals surface area contributed by atoms with E-state index in [0.29, 0.717) is 25.3 Å². The molecule has 4 N–H and O–H groups in total. The lowest BCUT2D eigenvalue weighted by molar-refractivity contribution is -0.143. The van der Waals surface area contributed by atoms with E-state index in [1.165, 1.54) is 0 Å². The van der Waals surface area contributed by atoms with E-state index in [0.717, 1.165) is 12.8 Å². The van der Waals surface area contributed by atoms with Gasteiger partial charge in [-0.3, -0.25) is 4.79 Å². The summed E-state index contributed by atoms with van der Waals surface area (Å²) in [5, 5.41) is 11.3. The van der Waals surface area contributed by atoms with Crippen LogP contribution in [0.5, 0.6) is 0 Å². The van der Waals surface area contributed by atoms with Crippen molar-refractivity contribution in [3.05, 3.63) is 0 Å². The highest BCUT2D eigenvalue weighted by atomic mass is 16.4. The second-order valence-electron chi connectivity index (χ2n) is 3.80. The van der Waals surface area contributed by atoms with Crippen LogP contribution in [0.1, 0.15) is 25.7 Å². The van der Waals surface area contributed by atoms with Crippen LogP contribution in [-0.4, -0.2) is 23.7 Å². The van der Waals surface area contributed by atoms with Gasteiger partial charge in [0.2, 0.25) is 0 Å². The Morgan fingerprint density at radius 3 is 2.29 bits per heavy atom. The lowest BCUT2D eigenvalue weighted by Gasteiger charge is -2.25. The van der Waals surface area contributed by atoms with E-state index in [4.69, 9.17) is 10.8 Å². The van der Waals surface area contributed by atoms with E-state index in [1.54, 1.807) is 0 Å². The van der Waals surface area contributed by atoms with Gasteiger partial charge in [-0.15, -0.1) is 0 Å². The number of primary amides is 1. The van der Waals surface area contributed by atoms with Gasteiger partial charge in [-0.1, -0.05) is 0 Å². The standard InChI is InChI=1S/C9H16N2O3/c10-9(14)11-5-6-1-3-7(4-2-6)8(12)13/h6-7H,1-5H2,(H,12,13)(H3,10,11,14)/t6-,7-. The molecule has 14 heavy (non-hydrogen) atoms. The zero-order valence-electron chi connectivity index (χ0n) is 8.03. The molecule has 0 saturated heterocycles. The Bertz CT molecular complexity index is 222. The molecule has 0 aromatic rings. The van der Waals surface area contributed by atoms with Crippen molar-refractivity contribution in [1.82, 2.24) is 5.32 Å². The van der Waals surface area contributed by atoms with Gasteiger partial charge in [0.25, 0.3) is 0 Å². The van der Waals surface area contributed by atoms with Crippen molar-refractivity contribution in [2.45, 2.75) is 25.7 Å². The average Bonchev–Trinajstić information content (AvgIpc) is 2.15. The van der Waals surface area contributed by atoms with Crippen LogP contribution in [0, 0.1) is 11.8 Å². The molecule has 1 aliphatic rings. The maximum absolute atomic E-state index is 10.6. The number of carbonyl (C=O) groups is 2. The van der Waals surface area contributed by atoms with E-state index < -0.39 is 12.0 Å². The molecule has 80 valence electrons. The van der Waals surface area contributed by atoms with Crippen LogP contribution >= 0.6 is 0 Å². The van der Waals surface area contributed by atoms with Gasteiger partial charge in [-0.25, -0.2) is 4.79 Å². The second kappa shape index (κ2) is 4.83. The normalized spacial score (nSPS) is 26.9. The summed E-state index contributed by atoms with van der Waals surface area (Å²) in [5.41, 5.74) is 4.94. The Morgan fingerprint density at radius 1 is 1.29 bits per heavy atom. The summed E-state index contributed by atoms with van der Waals surface area (Å²) in [6.45, 7) is 0.571. The molecular weight excluding hydrogens is 184 g/mol. The topological polar surface area (TPSA) is 92.4 Å². The second-order valence-corrected chi connectivity index (χ2v) is 3.80. The zero-order valence-corrected chi connectivity index (χ0v) is 8.03. The summed E-state index contributed by atoms with van der Waals surface area (Å²) in [5.74, 6) is -0.510. The van der Waals surface area contributed by atoms with Gasteiger partial charge < -0.3 is 16.2 Å². The Kier molecular flexibility index (Phi) is 3.73. The van der Waals surface area contributed by atoms with Crippen LogP contribution in [0.4, 0.5) is 4.79 Å². The van der Waals surface area contributed by atoms with Crippen LogP contribution in [0.2, 0.25) is 0 Å². The van der Waals surface area contributed by atoms with E-state index >= 15 is 0 Å². The Morgan fingerprint density at radius 2 is 1.86 bits per heavy atom. The number of hydrogen-bond donors (Lipinski definition) is 3. The number of carboxylic acids is 1. The zero-order chi connectivity index (χ0) is 10.6. The molecule has 0 aliphatic heterocycles. The maximum Gasteiger partial charge on any atom is 0.312 e.